The number of hydrogen-bond acceptors (Lipinski definition) is 5. The fourth-order valence-corrected chi connectivity index (χ4v) is 4.44. The number of nitrogens with zero attached hydrogens (tertiary/aromatic N) is 2. The van der Waals surface area contributed by atoms with Crippen molar-refractivity contribution < 1.29 is 18.4 Å². The van der Waals surface area contributed by atoms with Gasteiger partial charge < -0.3 is 5.11 Å². The summed E-state index contributed by atoms with van der Waals surface area (Å²) in [6.07, 6.45) is 1.28. The molecule has 1 aliphatic rings. The Labute approximate surface area is 117 Å². The monoisotopic (exact) mass is 300 g/mol. The third-order valence-corrected chi connectivity index (χ3v) is 5.67. The summed E-state index contributed by atoms with van der Waals surface area (Å²) in [5, 5.41) is 20.1. The second-order valence-electron chi connectivity index (χ2n) is 4.75. The van der Waals surface area contributed by atoms with Crippen molar-refractivity contribution in [3.63, 3.8) is 0 Å². The Morgan fingerprint density at radius 1 is 1.50 bits per heavy atom. The first-order valence-corrected chi connectivity index (χ1v) is 7.70. The summed E-state index contributed by atoms with van der Waals surface area (Å²) in [7, 11) is -3.82. The van der Waals surface area contributed by atoms with Crippen LogP contribution in [-0.2, 0) is 10.0 Å². The van der Waals surface area contributed by atoms with E-state index in [1.165, 1.54) is 29.4 Å². The van der Waals surface area contributed by atoms with Crippen LogP contribution in [0.1, 0.15) is 18.4 Å². The van der Waals surface area contributed by atoms with Gasteiger partial charge in [-0.05, 0) is 25.8 Å². The van der Waals surface area contributed by atoms with Crippen molar-refractivity contribution in [3.05, 3.63) is 33.9 Å². The van der Waals surface area contributed by atoms with Crippen LogP contribution in [0.2, 0.25) is 0 Å². The van der Waals surface area contributed by atoms with Gasteiger partial charge in [-0.15, -0.1) is 0 Å². The van der Waals surface area contributed by atoms with Crippen LogP contribution in [0.15, 0.2) is 23.1 Å². The molecular formula is C12H16N2O5S. The number of rotatable bonds is 4. The second kappa shape index (κ2) is 5.47. The third kappa shape index (κ3) is 2.41. The molecule has 1 heterocycles. The molecule has 1 aromatic carbocycles. The van der Waals surface area contributed by atoms with Crippen molar-refractivity contribution >= 4 is 15.7 Å². The zero-order valence-electron chi connectivity index (χ0n) is 11.0. The highest BCUT2D eigenvalue weighted by Crippen LogP contribution is 2.31. The minimum atomic E-state index is -3.82. The van der Waals surface area contributed by atoms with E-state index in [0.717, 1.165) is 0 Å². The number of nitro groups is 1. The van der Waals surface area contributed by atoms with Crippen LogP contribution in [0.4, 0.5) is 5.69 Å². The predicted octanol–water partition coefficient (Wildman–Crippen LogP) is 1.05. The van der Waals surface area contributed by atoms with Gasteiger partial charge in [0.2, 0.25) is 10.0 Å². The lowest BCUT2D eigenvalue weighted by Crippen LogP contribution is -2.37. The fourth-order valence-electron chi connectivity index (χ4n) is 2.51. The predicted molar refractivity (Wildman–Crippen MR) is 71.8 cm³/mol. The summed E-state index contributed by atoms with van der Waals surface area (Å²) in [5.41, 5.74) is -0.0908. The maximum Gasteiger partial charge on any atom is 0.273 e. The second-order valence-corrected chi connectivity index (χ2v) is 6.61. The molecule has 0 amide bonds. The van der Waals surface area contributed by atoms with Gasteiger partial charge in [-0.3, -0.25) is 10.1 Å². The molecule has 0 saturated carbocycles. The van der Waals surface area contributed by atoms with Gasteiger partial charge in [0.15, 0.2) is 0 Å². The third-order valence-electron chi connectivity index (χ3n) is 3.57. The van der Waals surface area contributed by atoms with Crippen molar-refractivity contribution in [1.29, 1.82) is 0 Å². The molecule has 1 aliphatic heterocycles. The fraction of sp³-hybridized carbons (Fsp3) is 0.500. The van der Waals surface area contributed by atoms with Gasteiger partial charge in [0, 0.05) is 24.2 Å². The Morgan fingerprint density at radius 2 is 2.20 bits per heavy atom. The largest absolute Gasteiger partial charge is 0.395 e. The number of aliphatic hydroxyl groups is 1. The number of benzene rings is 1. The van der Waals surface area contributed by atoms with Gasteiger partial charge in [0.1, 0.15) is 0 Å². The molecule has 110 valence electrons. The summed E-state index contributed by atoms with van der Waals surface area (Å²) in [4.78, 5) is 10.2. The summed E-state index contributed by atoms with van der Waals surface area (Å²) in [5.74, 6) is 0. The Bertz CT molecular complexity index is 629. The molecule has 1 aromatic rings. The zero-order valence-corrected chi connectivity index (χ0v) is 11.8. The molecule has 20 heavy (non-hydrogen) atoms. The summed E-state index contributed by atoms with van der Waals surface area (Å²) in [6.45, 7) is 1.51. The quantitative estimate of drug-likeness (QED) is 0.661. The smallest absolute Gasteiger partial charge is 0.273 e. The number of nitro benzene ring substituents is 1. The lowest BCUT2D eigenvalue weighted by atomic mass is 10.2. The zero-order chi connectivity index (χ0) is 14.9. The molecule has 0 aliphatic carbocycles. The Hall–Kier alpha value is -1.51. The Kier molecular flexibility index (Phi) is 4.07. The SMILES string of the molecule is Cc1c([N+](=O)[O-])cccc1S(=O)(=O)N1CCC[C@@H]1CO. The molecule has 7 nitrogen and oxygen atoms in total. The first-order valence-electron chi connectivity index (χ1n) is 6.26. The highest BCUT2D eigenvalue weighted by molar-refractivity contribution is 7.89. The molecule has 8 heteroatoms. The highest BCUT2D eigenvalue weighted by atomic mass is 32.2. The summed E-state index contributed by atoms with van der Waals surface area (Å²) in [6, 6.07) is 3.56. The van der Waals surface area contributed by atoms with Crippen LogP contribution in [0.25, 0.3) is 0 Å². The Balaban J connectivity index is 2.50. The topological polar surface area (TPSA) is 101 Å². The minimum Gasteiger partial charge on any atom is -0.395 e. The van der Waals surface area contributed by atoms with Crippen LogP contribution in [0.3, 0.4) is 0 Å². The van der Waals surface area contributed by atoms with E-state index in [-0.39, 0.29) is 22.8 Å². The van der Waals surface area contributed by atoms with E-state index in [1.54, 1.807) is 0 Å². The van der Waals surface area contributed by atoms with Crippen molar-refractivity contribution in [3.8, 4) is 0 Å². The van der Waals surface area contributed by atoms with E-state index in [0.29, 0.717) is 19.4 Å². The molecular weight excluding hydrogens is 284 g/mol. The number of sulfonamides is 1. The molecule has 1 N–H and O–H groups in total. The maximum absolute atomic E-state index is 12.6. The molecule has 1 fully saturated rings. The normalized spacial score (nSPS) is 20.2. The van der Waals surface area contributed by atoms with E-state index in [2.05, 4.69) is 0 Å². The highest BCUT2D eigenvalue weighted by Gasteiger charge is 2.36. The minimum absolute atomic E-state index is 0.0629. The lowest BCUT2D eigenvalue weighted by molar-refractivity contribution is -0.385. The lowest BCUT2D eigenvalue weighted by Gasteiger charge is -2.23. The van der Waals surface area contributed by atoms with Gasteiger partial charge in [0.05, 0.1) is 16.4 Å². The van der Waals surface area contributed by atoms with Gasteiger partial charge in [-0.2, -0.15) is 4.31 Å². The van der Waals surface area contributed by atoms with E-state index >= 15 is 0 Å². The van der Waals surface area contributed by atoms with E-state index in [9.17, 15) is 23.6 Å². The molecule has 1 atom stereocenters. The van der Waals surface area contributed by atoms with Crippen LogP contribution in [0.5, 0.6) is 0 Å². The van der Waals surface area contributed by atoms with Crippen molar-refractivity contribution in [2.45, 2.75) is 30.7 Å². The maximum atomic E-state index is 12.6. The average molecular weight is 300 g/mol. The van der Waals surface area contributed by atoms with Gasteiger partial charge in [-0.1, -0.05) is 6.07 Å². The van der Waals surface area contributed by atoms with Crippen LogP contribution in [0, 0.1) is 17.0 Å². The standard InChI is InChI=1S/C12H16N2O5S/c1-9-11(14(16)17)5-2-6-12(9)20(18,19)13-7-3-4-10(13)8-15/h2,5-6,10,15H,3-4,7-8H2,1H3/t10-/m1/s1. The van der Waals surface area contributed by atoms with Crippen LogP contribution < -0.4 is 0 Å². The van der Waals surface area contributed by atoms with Gasteiger partial charge >= 0.3 is 0 Å². The molecule has 0 unspecified atom stereocenters. The van der Waals surface area contributed by atoms with E-state index < -0.39 is 21.0 Å². The molecule has 1 saturated heterocycles. The van der Waals surface area contributed by atoms with Crippen LogP contribution >= 0.6 is 0 Å². The number of hydrogen-bond donors (Lipinski definition) is 1. The Morgan fingerprint density at radius 3 is 2.80 bits per heavy atom. The van der Waals surface area contributed by atoms with Gasteiger partial charge in [0.25, 0.3) is 5.69 Å². The molecule has 0 spiro atoms. The molecule has 0 radical (unpaired) electrons. The average Bonchev–Trinajstić information content (AvgIpc) is 2.87. The van der Waals surface area contributed by atoms with Gasteiger partial charge in [-0.25, -0.2) is 8.42 Å². The molecule has 0 aromatic heterocycles. The van der Waals surface area contributed by atoms with Crippen molar-refractivity contribution in [2.24, 2.45) is 0 Å². The summed E-state index contributed by atoms with van der Waals surface area (Å²) >= 11 is 0. The first-order chi connectivity index (χ1) is 9.39. The first kappa shape index (κ1) is 14.9. The molecule has 2 rings (SSSR count). The van der Waals surface area contributed by atoms with Crippen molar-refractivity contribution in [1.82, 2.24) is 4.31 Å². The van der Waals surface area contributed by atoms with E-state index in [1.807, 2.05) is 0 Å². The van der Waals surface area contributed by atoms with Crippen LogP contribution in [-0.4, -0.2) is 41.9 Å². The van der Waals surface area contributed by atoms with E-state index in [4.69, 9.17) is 0 Å². The number of aliphatic hydroxyl groups excluding tert-OH is 1. The van der Waals surface area contributed by atoms with Crippen molar-refractivity contribution in [2.75, 3.05) is 13.2 Å². The molecule has 0 bridgehead atoms. The summed E-state index contributed by atoms with van der Waals surface area (Å²) < 4.78 is 26.4.